The third-order valence-electron chi connectivity index (χ3n) is 1.79. The SMILES string of the molecule is C=CC(C)O[Si](C)(C)CC(C)(C)C. The van der Waals surface area contributed by atoms with Gasteiger partial charge in [0.15, 0.2) is 8.32 Å². The summed E-state index contributed by atoms with van der Waals surface area (Å²) in [6, 6.07) is 1.19. The highest BCUT2D eigenvalue weighted by molar-refractivity contribution is 6.71. The molecule has 2 heteroatoms. The fourth-order valence-corrected chi connectivity index (χ4v) is 5.61. The van der Waals surface area contributed by atoms with Crippen LogP contribution >= 0.6 is 0 Å². The fourth-order valence-electron chi connectivity index (χ4n) is 1.87. The maximum Gasteiger partial charge on any atom is 0.188 e. The minimum atomic E-state index is -1.49. The Balaban J connectivity index is 4.15. The molecule has 0 radical (unpaired) electrons. The molecule has 0 N–H and O–H groups in total. The molecule has 78 valence electrons. The highest BCUT2D eigenvalue weighted by Crippen LogP contribution is 2.28. The van der Waals surface area contributed by atoms with Crippen LogP contribution in [0.15, 0.2) is 12.7 Å². The normalized spacial score (nSPS) is 15.5. The number of hydrogen-bond donors (Lipinski definition) is 0. The summed E-state index contributed by atoms with van der Waals surface area (Å²) in [7, 11) is -1.49. The average Bonchev–Trinajstić information content (AvgIpc) is 1.80. The van der Waals surface area contributed by atoms with E-state index < -0.39 is 8.32 Å². The lowest BCUT2D eigenvalue weighted by Crippen LogP contribution is -2.37. The second kappa shape index (κ2) is 4.42. The molecule has 0 rings (SSSR count). The van der Waals surface area contributed by atoms with Crippen molar-refractivity contribution < 1.29 is 4.43 Å². The van der Waals surface area contributed by atoms with E-state index >= 15 is 0 Å². The van der Waals surface area contributed by atoms with E-state index in [9.17, 15) is 0 Å². The summed E-state index contributed by atoms with van der Waals surface area (Å²) in [6.45, 7) is 17.2. The molecule has 0 aliphatic carbocycles. The lowest BCUT2D eigenvalue weighted by molar-refractivity contribution is 0.249. The van der Waals surface area contributed by atoms with Crippen molar-refractivity contribution in [1.29, 1.82) is 0 Å². The predicted molar refractivity (Wildman–Crippen MR) is 62.5 cm³/mol. The summed E-state index contributed by atoms with van der Waals surface area (Å²) >= 11 is 0. The van der Waals surface area contributed by atoms with E-state index in [2.05, 4.69) is 47.4 Å². The first-order valence-corrected chi connectivity index (χ1v) is 8.08. The van der Waals surface area contributed by atoms with Gasteiger partial charge in [0.05, 0.1) is 6.10 Å². The van der Waals surface area contributed by atoms with E-state index in [0.717, 1.165) is 0 Å². The van der Waals surface area contributed by atoms with E-state index in [-0.39, 0.29) is 6.10 Å². The van der Waals surface area contributed by atoms with Crippen LogP contribution in [0.1, 0.15) is 27.7 Å². The predicted octanol–water partition coefficient (Wildman–Crippen LogP) is 3.83. The Morgan fingerprint density at radius 1 is 1.38 bits per heavy atom. The second-order valence-corrected chi connectivity index (χ2v) is 9.66. The maximum absolute atomic E-state index is 5.98. The Morgan fingerprint density at radius 3 is 2.15 bits per heavy atom. The summed E-state index contributed by atoms with van der Waals surface area (Å²) in [5.41, 5.74) is 0.372. The van der Waals surface area contributed by atoms with Crippen molar-refractivity contribution in [2.75, 3.05) is 0 Å². The molecule has 0 bridgehead atoms. The third kappa shape index (κ3) is 7.02. The molecule has 0 spiro atoms. The molecule has 0 aromatic carbocycles. The number of rotatable bonds is 4. The van der Waals surface area contributed by atoms with Gasteiger partial charge >= 0.3 is 0 Å². The van der Waals surface area contributed by atoms with E-state index in [0.29, 0.717) is 5.41 Å². The van der Waals surface area contributed by atoms with Gasteiger partial charge in [-0.3, -0.25) is 0 Å². The van der Waals surface area contributed by atoms with Crippen LogP contribution in [0.25, 0.3) is 0 Å². The van der Waals surface area contributed by atoms with Gasteiger partial charge in [0.2, 0.25) is 0 Å². The molecule has 1 nitrogen and oxygen atoms in total. The zero-order valence-electron chi connectivity index (χ0n) is 9.98. The Labute approximate surface area is 84.3 Å². The van der Waals surface area contributed by atoms with Crippen molar-refractivity contribution in [2.24, 2.45) is 5.41 Å². The molecule has 0 amide bonds. The summed E-state index contributed by atoms with van der Waals surface area (Å²) < 4.78 is 5.98. The quantitative estimate of drug-likeness (QED) is 0.495. The fraction of sp³-hybridized carbons (Fsp3) is 0.818. The molecule has 0 aromatic rings. The smallest absolute Gasteiger partial charge is 0.188 e. The number of hydrogen-bond acceptors (Lipinski definition) is 1. The average molecular weight is 200 g/mol. The van der Waals surface area contributed by atoms with E-state index in [1.54, 1.807) is 0 Å². The minimum Gasteiger partial charge on any atom is -0.411 e. The Bertz CT molecular complexity index is 167. The molecule has 13 heavy (non-hydrogen) atoms. The zero-order chi connectivity index (χ0) is 10.7. The molecule has 0 saturated carbocycles. The van der Waals surface area contributed by atoms with Crippen LogP contribution < -0.4 is 0 Å². The molecule has 1 unspecified atom stereocenters. The summed E-state index contributed by atoms with van der Waals surface area (Å²) in [5.74, 6) is 0. The van der Waals surface area contributed by atoms with Gasteiger partial charge in [-0.15, -0.1) is 6.58 Å². The van der Waals surface area contributed by atoms with Gasteiger partial charge in [-0.2, -0.15) is 0 Å². The van der Waals surface area contributed by atoms with Gasteiger partial charge in [-0.1, -0.05) is 26.8 Å². The van der Waals surface area contributed by atoms with Crippen molar-refractivity contribution in [1.82, 2.24) is 0 Å². The van der Waals surface area contributed by atoms with Gasteiger partial charge in [0.1, 0.15) is 0 Å². The highest BCUT2D eigenvalue weighted by atomic mass is 28.4. The molecular weight excluding hydrogens is 176 g/mol. The first kappa shape index (κ1) is 12.9. The van der Waals surface area contributed by atoms with Crippen LogP contribution in [-0.2, 0) is 4.43 Å². The molecule has 0 fully saturated rings. The molecule has 0 aliphatic rings. The van der Waals surface area contributed by atoms with Gasteiger partial charge in [-0.25, -0.2) is 0 Å². The lowest BCUT2D eigenvalue weighted by Gasteiger charge is -2.32. The van der Waals surface area contributed by atoms with Crippen LogP contribution in [0, 0.1) is 5.41 Å². The lowest BCUT2D eigenvalue weighted by atomic mass is 10.0. The summed E-state index contributed by atoms with van der Waals surface area (Å²) in [6.07, 6.45) is 2.07. The molecular formula is C11H24OSi. The topological polar surface area (TPSA) is 9.23 Å². The van der Waals surface area contributed by atoms with E-state index in [1.165, 1.54) is 6.04 Å². The van der Waals surface area contributed by atoms with Crippen LogP contribution in [-0.4, -0.2) is 14.4 Å². The molecule has 1 atom stereocenters. The van der Waals surface area contributed by atoms with Gasteiger partial charge in [-0.05, 0) is 31.5 Å². The molecule has 0 aliphatic heterocycles. The van der Waals surface area contributed by atoms with Crippen LogP contribution in [0.5, 0.6) is 0 Å². The standard InChI is InChI=1S/C11H24OSi/c1-8-10(2)12-13(6,7)9-11(3,4)5/h8,10H,1,9H2,2-7H3. The minimum absolute atomic E-state index is 0.198. The largest absolute Gasteiger partial charge is 0.411 e. The van der Waals surface area contributed by atoms with E-state index in [1.807, 2.05) is 6.08 Å². The van der Waals surface area contributed by atoms with Crippen molar-refractivity contribution >= 4 is 8.32 Å². The first-order valence-electron chi connectivity index (χ1n) is 4.97. The second-order valence-electron chi connectivity index (χ2n) is 5.56. The summed E-state index contributed by atoms with van der Waals surface area (Å²) in [4.78, 5) is 0. The highest BCUT2D eigenvalue weighted by Gasteiger charge is 2.30. The Kier molecular flexibility index (Phi) is 4.40. The Hall–Kier alpha value is -0.0831. The third-order valence-corrected chi connectivity index (χ3v) is 4.71. The maximum atomic E-state index is 5.98. The monoisotopic (exact) mass is 200 g/mol. The van der Waals surface area contributed by atoms with Crippen molar-refractivity contribution in [3.8, 4) is 0 Å². The van der Waals surface area contributed by atoms with Gasteiger partial charge < -0.3 is 4.43 Å². The van der Waals surface area contributed by atoms with Crippen LogP contribution in [0.2, 0.25) is 19.1 Å². The molecule has 0 heterocycles. The van der Waals surface area contributed by atoms with Crippen LogP contribution in [0.3, 0.4) is 0 Å². The van der Waals surface area contributed by atoms with Gasteiger partial charge in [0.25, 0.3) is 0 Å². The Morgan fingerprint density at radius 2 is 1.85 bits per heavy atom. The molecule has 0 aromatic heterocycles. The van der Waals surface area contributed by atoms with E-state index in [4.69, 9.17) is 4.43 Å². The van der Waals surface area contributed by atoms with Crippen molar-refractivity contribution in [3.63, 3.8) is 0 Å². The zero-order valence-corrected chi connectivity index (χ0v) is 11.0. The van der Waals surface area contributed by atoms with Gasteiger partial charge in [0, 0.05) is 0 Å². The van der Waals surface area contributed by atoms with Crippen molar-refractivity contribution in [2.45, 2.75) is 52.9 Å². The summed E-state index contributed by atoms with van der Waals surface area (Å²) in [5, 5.41) is 0. The van der Waals surface area contributed by atoms with Crippen LogP contribution in [0.4, 0.5) is 0 Å². The molecule has 0 saturated heterocycles. The first-order chi connectivity index (χ1) is 5.66. The van der Waals surface area contributed by atoms with Crippen molar-refractivity contribution in [3.05, 3.63) is 12.7 Å².